The lowest BCUT2D eigenvalue weighted by Crippen LogP contribution is -2.38. The van der Waals surface area contributed by atoms with E-state index in [1.54, 1.807) is 0 Å². The van der Waals surface area contributed by atoms with Crippen molar-refractivity contribution in [3.8, 4) is 0 Å². The van der Waals surface area contributed by atoms with Gasteiger partial charge in [0.05, 0.1) is 17.4 Å². The minimum absolute atomic E-state index is 0.0269. The molecular formula is C22H28N2O4S. The van der Waals surface area contributed by atoms with E-state index in [9.17, 15) is 19.5 Å². The molecule has 29 heavy (non-hydrogen) atoms. The lowest BCUT2D eigenvalue weighted by Gasteiger charge is -2.26. The minimum atomic E-state index is -0.909. The van der Waals surface area contributed by atoms with Crippen LogP contribution in [0.2, 0.25) is 0 Å². The van der Waals surface area contributed by atoms with E-state index in [0.717, 1.165) is 66.5 Å². The number of aryl methyl sites for hydroxylation is 1. The third-order valence-electron chi connectivity index (χ3n) is 6.91. The summed E-state index contributed by atoms with van der Waals surface area (Å²) in [6, 6.07) is 0. The number of aliphatic carboxylic acids is 1. The third kappa shape index (κ3) is 3.29. The first kappa shape index (κ1) is 20.1. The predicted molar refractivity (Wildman–Crippen MR) is 112 cm³/mol. The standard InChI is InChI=1S/C22H28N2O4S/c1-10(2)15-12-8-9-13(15)17(22(27)28)16(12)20(26)24-21-18(19(23)25)11-6-4-3-5-7-14(11)29-21/h12-13,16-17H,3-9H2,1-2H3,(H2,23,25)(H,24,26)(H,27,28)/t12-,13+,16-,17+/m1/s1. The molecule has 2 amide bonds. The number of anilines is 1. The Labute approximate surface area is 174 Å². The number of carboxylic acids is 1. The molecule has 2 saturated carbocycles. The Kier molecular flexibility index (Phi) is 5.27. The number of thiophene rings is 1. The number of fused-ring (bicyclic) bond motifs is 3. The first-order valence-electron chi connectivity index (χ1n) is 10.5. The van der Waals surface area contributed by atoms with Gasteiger partial charge in [-0.25, -0.2) is 0 Å². The quantitative estimate of drug-likeness (QED) is 0.513. The molecule has 0 saturated heterocycles. The van der Waals surface area contributed by atoms with Crippen LogP contribution in [0.4, 0.5) is 5.00 Å². The second kappa shape index (κ2) is 7.59. The summed E-state index contributed by atoms with van der Waals surface area (Å²) in [5.41, 5.74) is 9.35. The monoisotopic (exact) mass is 416 g/mol. The zero-order valence-electron chi connectivity index (χ0n) is 16.9. The molecule has 2 bridgehead atoms. The molecule has 4 N–H and O–H groups in total. The number of nitrogens with two attached hydrogens (primary N) is 1. The molecule has 0 aromatic carbocycles. The van der Waals surface area contributed by atoms with Gasteiger partial charge in [0.2, 0.25) is 5.91 Å². The maximum Gasteiger partial charge on any atom is 0.307 e. The Morgan fingerprint density at radius 2 is 1.69 bits per heavy atom. The van der Waals surface area contributed by atoms with Crippen molar-refractivity contribution in [1.82, 2.24) is 0 Å². The third-order valence-corrected chi connectivity index (χ3v) is 8.12. The number of carboxylic acid groups (broad SMARTS) is 1. The maximum absolute atomic E-state index is 13.3. The van der Waals surface area contributed by atoms with Crippen LogP contribution in [0.15, 0.2) is 11.1 Å². The highest BCUT2D eigenvalue weighted by molar-refractivity contribution is 7.17. The van der Waals surface area contributed by atoms with Crippen molar-refractivity contribution < 1.29 is 19.5 Å². The van der Waals surface area contributed by atoms with E-state index in [4.69, 9.17) is 5.73 Å². The number of primary amides is 1. The topological polar surface area (TPSA) is 109 Å². The summed E-state index contributed by atoms with van der Waals surface area (Å²) in [6.07, 6.45) is 6.56. The largest absolute Gasteiger partial charge is 0.481 e. The molecular weight excluding hydrogens is 388 g/mol. The lowest BCUT2D eigenvalue weighted by atomic mass is 9.78. The van der Waals surface area contributed by atoms with Gasteiger partial charge in [0, 0.05) is 4.88 Å². The van der Waals surface area contributed by atoms with Gasteiger partial charge >= 0.3 is 5.97 Å². The highest BCUT2D eigenvalue weighted by Crippen LogP contribution is 2.57. The molecule has 6 nitrogen and oxygen atoms in total. The van der Waals surface area contributed by atoms with Crippen LogP contribution >= 0.6 is 11.3 Å². The van der Waals surface area contributed by atoms with Crippen LogP contribution in [0, 0.1) is 23.7 Å². The second-order valence-electron chi connectivity index (χ2n) is 8.76. The highest BCUT2D eigenvalue weighted by Gasteiger charge is 2.57. The van der Waals surface area contributed by atoms with Crippen LogP contribution in [0.25, 0.3) is 0 Å². The van der Waals surface area contributed by atoms with Gasteiger partial charge in [-0.15, -0.1) is 11.3 Å². The van der Waals surface area contributed by atoms with Crippen LogP contribution in [0.3, 0.4) is 0 Å². The molecule has 4 rings (SSSR count). The molecule has 156 valence electrons. The fourth-order valence-corrected chi connectivity index (χ4v) is 7.19. The minimum Gasteiger partial charge on any atom is -0.481 e. The number of hydrogen-bond donors (Lipinski definition) is 3. The van der Waals surface area contributed by atoms with E-state index in [-0.39, 0.29) is 17.7 Å². The summed E-state index contributed by atoms with van der Waals surface area (Å²) in [7, 11) is 0. The predicted octanol–water partition coefficient (Wildman–Crippen LogP) is 3.75. The van der Waals surface area contributed by atoms with Crippen molar-refractivity contribution in [3.05, 3.63) is 27.2 Å². The molecule has 4 atom stereocenters. The number of hydrogen-bond acceptors (Lipinski definition) is 4. The molecule has 7 heteroatoms. The van der Waals surface area contributed by atoms with E-state index >= 15 is 0 Å². The Hall–Kier alpha value is -2.15. The van der Waals surface area contributed by atoms with E-state index in [0.29, 0.717) is 10.6 Å². The molecule has 0 unspecified atom stereocenters. The van der Waals surface area contributed by atoms with Crippen LogP contribution in [0.1, 0.15) is 66.8 Å². The van der Waals surface area contributed by atoms with Gasteiger partial charge < -0.3 is 16.2 Å². The van der Waals surface area contributed by atoms with E-state index in [1.807, 2.05) is 13.8 Å². The van der Waals surface area contributed by atoms with Gasteiger partial charge in [0.15, 0.2) is 0 Å². The highest BCUT2D eigenvalue weighted by atomic mass is 32.1. The van der Waals surface area contributed by atoms with Gasteiger partial charge in [-0.2, -0.15) is 0 Å². The van der Waals surface area contributed by atoms with E-state index in [2.05, 4.69) is 5.32 Å². The lowest BCUT2D eigenvalue weighted by molar-refractivity contribution is -0.148. The average Bonchev–Trinajstić information content (AvgIpc) is 3.26. The molecule has 2 fully saturated rings. The summed E-state index contributed by atoms with van der Waals surface area (Å²) in [5.74, 6) is -3.11. The first-order valence-corrected chi connectivity index (χ1v) is 11.3. The van der Waals surface area contributed by atoms with Gasteiger partial charge in [0.1, 0.15) is 5.00 Å². The second-order valence-corrected chi connectivity index (χ2v) is 9.86. The van der Waals surface area contributed by atoms with Crippen molar-refractivity contribution in [3.63, 3.8) is 0 Å². The molecule has 0 radical (unpaired) electrons. The normalized spacial score (nSPS) is 28.0. The first-order chi connectivity index (χ1) is 13.8. The van der Waals surface area contributed by atoms with Crippen LogP contribution in [0.5, 0.6) is 0 Å². The van der Waals surface area contributed by atoms with Crippen LogP contribution in [-0.2, 0) is 22.4 Å². The zero-order chi connectivity index (χ0) is 20.9. The van der Waals surface area contributed by atoms with Crippen LogP contribution < -0.4 is 11.1 Å². The fourth-order valence-electron chi connectivity index (χ4n) is 5.89. The number of nitrogens with one attached hydrogen (secondary N) is 1. The summed E-state index contributed by atoms with van der Waals surface area (Å²) >= 11 is 1.44. The van der Waals surface area contributed by atoms with Crippen LogP contribution in [-0.4, -0.2) is 22.9 Å². The number of carbonyl (C=O) groups is 3. The van der Waals surface area contributed by atoms with Gasteiger partial charge in [0.25, 0.3) is 5.91 Å². The summed E-state index contributed by atoms with van der Waals surface area (Å²) in [5, 5.41) is 13.3. The number of allylic oxidation sites excluding steroid dienone is 2. The van der Waals surface area contributed by atoms with E-state index < -0.39 is 23.7 Å². The SMILES string of the molecule is CC(C)=C1[C@H]2CC[C@@H]1[C@H](C(=O)O)[C@@H]2C(=O)Nc1sc2c(c1C(N)=O)CCCCC2. The fraction of sp³-hybridized carbons (Fsp3) is 0.591. The summed E-state index contributed by atoms with van der Waals surface area (Å²) < 4.78 is 0. The number of amides is 2. The molecule has 1 heterocycles. The molecule has 1 aromatic heterocycles. The average molecular weight is 417 g/mol. The zero-order valence-corrected chi connectivity index (χ0v) is 17.7. The summed E-state index contributed by atoms with van der Waals surface area (Å²) in [4.78, 5) is 38.6. The van der Waals surface area contributed by atoms with Gasteiger partial charge in [-0.05, 0) is 69.8 Å². The molecule has 0 aliphatic heterocycles. The van der Waals surface area contributed by atoms with Crippen molar-refractivity contribution in [2.75, 3.05) is 5.32 Å². The van der Waals surface area contributed by atoms with Crippen molar-refractivity contribution in [2.45, 2.75) is 58.8 Å². The van der Waals surface area contributed by atoms with Crippen molar-refractivity contribution in [2.24, 2.45) is 29.4 Å². The molecule has 3 aliphatic rings. The Balaban J connectivity index is 1.67. The smallest absolute Gasteiger partial charge is 0.307 e. The summed E-state index contributed by atoms with van der Waals surface area (Å²) in [6.45, 7) is 4.00. The maximum atomic E-state index is 13.3. The van der Waals surface area contributed by atoms with Gasteiger partial charge in [-0.3, -0.25) is 14.4 Å². The molecule has 0 spiro atoms. The van der Waals surface area contributed by atoms with Crippen molar-refractivity contribution >= 4 is 34.1 Å². The Bertz CT molecular complexity index is 912. The number of carbonyl (C=O) groups excluding carboxylic acids is 2. The molecule has 1 aromatic rings. The molecule has 3 aliphatic carbocycles. The van der Waals surface area contributed by atoms with E-state index in [1.165, 1.54) is 11.3 Å². The van der Waals surface area contributed by atoms with Gasteiger partial charge in [-0.1, -0.05) is 17.6 Å². The van der Waals surface area contributed by atoms with Crippen molar-refractivity contribution in [1.29, 1.82) is 0 Å². The Morgan fingerprint density at radius 3 is 2.31 bits per heavy atom. The number of rotatable bonds is 4. The Morgan fingerprint density at radius 1 is 1.03 bits per heavy atom.